The highest BCUT2D eigenvalue weighted by atomic mass is 35.5. The quantitative estimate of drug-likeness (QED) is 0.688. The van der Waals surface area contributed by atoms with E-state index in [-0.39, 0.29) is 11.8 Å². The van der Waals surface area contributed by atoms with Gasteiger partial charge in [-0.15, -0.1) is 10.2 Å². The summed E-state index contributed by atoms with van der Waals surface area (Å²) in [7, 11) is 3.15. The average molecular weight is 416 g/mol. The second-order valence-corrected chi connectivity index (χ2v) is 7.35. The van der Waals surface area contributed by atoms with E-state index < -0.39 is 0 Å². The molecule has 3 aromatic rings. The van der Waals surface area contributed by atoms with Gasteiger partial charge in [0.05, 0.1) is 30.8 Å². The normalized spacial score (nSPS) is 16.7. The van der Waals surface area contributed by atoms with Crippen molar-refractivity contribution in [2.75, 3.05) is 37.5 Å². The van der Waals surface area contributed by atoms with Gasteiger partial charge in [0.1, 0.15) is 11.5 Å². The van der Waals surface area contributed by atoms with E-state index in [1.807, 2.05) is 10.5 Å². The number of fused-ring (bicyclic) bond motifs is 1. The van der Waals surface area contributed by atoms with Crippen LogP contribution in [0, 0.1) is 5.92 Å². The first kappa shape index (κ1) is 19.3. The lowest BCUT2D eigenvalue weighted by Gasteiger charge is -2.32. The van der Waals surface area contributed by atoms with Crippen molar-refractivity contribution in [3.8, 4) is 11.5 Å². The van der Waals surface area contributed by atoms with E-state index in [0.717, 1.165) is 25.0 Å². The van der Waals surface area contributed by atoms with Crippen molar-refractivity contribution >= 4 is 34.8 Å². The van der Waals surface area contributed by atoms with Gasteiger partial charge in [-0.25, -0.2) is 0 Å². The number of rotatable bonds is 5. The molecule has 0 unspecified atom stereocenters. The number of nitrogens with zero attached hydrogens (tertiary/aromatic N) is 4. The molecule has 1 N–H and O–H groups in total. The second-order valence-electron chi connectivity index (χ2n) is 6.92. The van der Waals surface area contributed by atoms with Crippen LogP contribution in [0.4, 0.5) is 11.6 Å². The number of hydrogen-bond acceptors (Lipinski definition) is 6. The largest absolute Gasteiger partial charge is 0.497 e. The number of methoxy groups -OCH3 is 2. The predicted molar refractivity (Wildman–Crippen MR) is 111 cm³/mol. The number of nitrogens with one attached hydrogen (secondary N) is 1. The molecule has 152 valence electrons. The van der Waals surface area contributed by atoms with Gasteiger partial charge in [0.15, 0.2) is 5.65 Å². The van der Waals surface area contributed by atoms with Crippen LogP contribution in [0.2, 0.25) is 5.02 Å². The number of carbonyl (C=O) groups excluding carboxylic acids is 1. The summed E-state index contributed by atoms with van der Waals surface area (Å²) in [5.74, 6) is 1.69. The molecule has 0 saturated carbocycles. The standard InChI is InChI=1S/C20H22ClN5O3/c1-28-15-6-7-16(17(10-15)29-2)22-19(27)13-4-3-9-25(11-13)20-24-23-18-8-5-14(21)12-26(18)20/h5-8,10,12-13H,3-4,9,11H2,1-2H3,(H,22,27)/t13-/m0/s1. The molecule has 8 nitrogen and oxygen atoms in total. The monoisotopic (exact) mass is 415 g/mol. The Morgan fingerprint density at radius 1 is 1.21 bits per heavy atom. The third-order valence-electron chi connectivity index (χ3n) is 5.09. The molecule has 3 heterocycles. The van der Waals surface area contributed by atoms with Crippen LogP contribution >= 0.6 is 11.6 Å². The van der Waals surface area contributed by atoms with Crippen LogP contribution in [-0.4, -0.2) is 47.8 Å². The third kappa shape index (κ3) is 3.93. The smallest absolute Gasteiger partial charge is 0.231 e. The molecule has 1 saturated heterocycles. The zero-order chi connectivity index (χ0) is 20.4. The molecule has 1 atom stereocenters. The van der Waals surface area contributed by atoms with Crippen molar-refractivity contribution < 1.29 is 14.3 Å². The van der Waals surface area contributed by atoms with Crippen LogP contribution in [0.25, 0.3) is 5.65 Å². The van der Waals surface area contributed by atoms with Crippen LogP contribution in [0.15, 0.2) is 36.5 Å². The number of amides is 1. The number of pyridine rings is 1. The molecule has 0 spiro atoms. The Bertz CT molecular complexity index is 1040. The Morgan fingerprint density at radius 3 is 2.86 bits per heavy atom. The molecular weight excluding hydrogens is 394 g/mol. The van der Waals surface area contributed by atoms with Gasteiger partial charge in [-0.1, -0.05) is 11.6 Å². The van der Waals surface area contributed by atoms with Crippen LogP contribution in [0.1, 0.15) is 12.8 Å². The zero-order valence-electron chi connectivity index (χ0n) is 16.3. The zero-order valence-corrected chi connectivity index (χ0v) is 17.0. The fourth-order valence-electron chi connectivity index (χ4n) is 3.58. The number of carbonyl (C=O) groups is 1. The van der Waals surface area contributed by atoms with E-state index in [1.54, 1.807) is 44.7 Å². The number of halogens is 1. The fraction of sp³-hybridized carbons (Fsp3) is 0.350. The minimum Gasteiger partial charge on any atom is -0.497 e. The average Bonchev–Trinajstić information content (AvgIpc) is 3.17. The molecular formula is C20H22ClN5O3. The van der Waals surface area contributed by atoms with Gasteiger partial charge in [0.2, 0.25) is 11.9 Å². The van der Waals surface area contributed by atoms with E-state index in [1.165, 1.54) is 0 Å². The molecule has 0 radical (unpaired) electrons. The van der Waals surface area contributed by atoms with E-state index in [2.05, 4.69) is 20.4 Å². The molecule has 4 rings (SSSR count). The van der Waals surface area contributed by atoms with Crippen molar-refractivity contribution in [3.05, 3.63) is 41.6 Å². The SMILES string of the molecule is COc1ccc(NC(=O)[C@H]2CCCN(c3nnc4ccc(Cl)cn34)C2)c(OC)c1. The first-order valence-electron chi connectivity index (χ1n) is 9.37. The van der Waals surface area contributed by atoms with Gasteiger partial charge >= 0.3 is 0 Å². The van der Waals surface area contributed by atoms with Crippen molar-refractivity contribution in [2.45, 2.75) is 12.8 Å². The van der Waals surface area contributed by atoms with E-state index in [9.17, 15) is 4.79 Å². The number of ether oxygens (including phenoxy) is 2. The summed E-state index contributed by atoms with van der Waals surface area (Å²) in [4.78, 5) is 15.0. The van der Waals surface area contributed by atoms with Crippen LogP contribution in [0.3, 0.4) is 0 Å². The summed E-state index contributed by atoms with van der Waals surface area (Å²) < 4.78 is 12.4. The van der Waals surface area contributed by atoms with Gasteiger partial charge in [-0.2, -0.15) is 0 Å². The van der Waals surface area contributed by atoms with Gasteiger partial charge in [-0.05, 0) is 37.1 Å². The lowest BCUT2D eigenvalue weighted by molar-refractivity contribution is -0.120. The second kappa shape index (κ2) is 8.16. The number of anilines is 2. The molecule has 1 amide bonds. The summed E-state index contributed by atoms with van der Waals surface area (Å²) in [5.41, 5.74) is 1.34. The van der Waals surface area contributed by atoms with E-state index in [0.29, 0.717) is 34.7 Å². The first-order valence-corrected chi connectivity index (χ1v) is 9.75. The summed E-state index contributed by atoms with van der Waals surface area (Å²) in [6, 6.07) is 8.92. The minimum atomic E-state index is -0.179. The van der Waals surface area contributed by atoms with Crippen LogP contribution in [-0.2, 0) is 4.79 Å². The van der Waals surface area contributed by atoms with Crippen LogP contribution < -0.4 is 19.7 Å². The highest BCUT2D eigenvalue weighted by molar-refractivity contribution is 6.30. The number of piperidine rings is 1. The van der Waals surface area contributed by atoms with Gasteiger partial charge in [0.25, 0.3) is 0 Å². The van der Waals surface area contributed by atoms with Crippen molar-refractivity contribution in [3.63, 3.8) is 0 Å². The highest BCUT2D eigenvalue weighted by Gasteiger charge is 2.28. The van der Waals surface area contributed by atoms with Crippen LogP contribution in [0.5, 0.6) is 11.5 Å². The summed E-state index contributed by atoms with van der Waals surface area (Å²) >= 11 is 6.13. The summed E-state index contributed by atoms with van der Waals surface area (Å²) in [6.45, 7) is 1.36. The maximum Gasteiger partial charge on any atom is 0.231 e. The Hall–Kier alpha value is -3.00. The van der Waals surface area contributed by atoms with Crippen molar-refractivity contribution in [2.24, 2.45) is 5.92 Å². The lowest BCUT2D eigenvalue weighted by Crippen LogP contribution is -2.41. The molecule has 2 aromatic heterocycles. The number of aromatic nitrogens is 3. The van der Waals surface area contributed by atoms with Gasteiger partial charge in [-0.3, -0.25) is 9.20 Å². The molecule has 9 heteroatoms. The van der Waals surface area contributed by atoms with E-state index >= 15 is 0 Å². The predicted octanol–water partition coefficient (Wildman–Crippen LogP) is 3.26. The number of hydrogen-bond donors (Lipinski definition) is 1. The minimum absolute atomic E-state index is 0.0509. The molecule has 1 fully saturated rings. The third-order valence-corrected chi connectivity index (χ3v) is 5.31. The van der Waals surface area contributed by atoms with Gasteiger partial charge < -0.3 is 19.7 Å². The lowest BCUT2D eigenvalue weighted by atomic mass is 9.97. The fourth-order valence-corrected chi connectivity index (χ4v) is 3.74. The van der Waals surface area contributed by atoms with Gasteiger partial charge in [0, 0.05) is 25.4 Å². The Balaban J connectivity index is 1.51. The molecule has 1 aliphatic heterocycles. The Kier molecular flexibility index (Phi) is 5.44. The molecule has 29 heavy (non-hydrogen) atoms. The topological polar surface area (TPSA) is 81.0 Å². The molecule has 0 aliphatic carbocycles. The number of benzene rings is 1. The van der Waals surface area contributed by atoms with E-state index in [4.69, 9.17) is 21.1 Å². The van der Waals surface area contributed by atoms with Crippen molar-refractivity contribution in [1.29, 1.82) is 0 Å². The van der Waals surface area contributed by atoms with Crippen molar-refractivity contribution in [1.82, 2.24) is 14.6 Å². The highest BCUT2D eigenvalue weighted by Crippen LogP contribution is 2.30. The molecule has 1 aromatic carbocycles. The summed E-state index contributed by atoms with van der Waals surface area (Å²) in [6.07, 6.45) is 3.48. The maximum atomic E-state index is 12.9. The molecule has 1 aliphatic rings. The Labute approximate surface area is 173 Å². The summed E-state index contributed by atoms with van der Waals surface area (Å²) in [5, 5.41) is 12.1. The molecule has 0 bridgehead atoms. The Morgan fingerprint density at radius 2 is 2.07 bits per heavy atom. The maximum absolute atomic E-state index is 12.9. The first-order chi connectivity index (χ1) is 14.1.